The molecule has 0 unspecified atom stereocenters. The molecule has 2 heterocycles. The summed E-state index contributed by atoms with van der Waals surface area (Å²) in [5.41, 5.74) is 1.10. The van der Waals surface area contributed by atoms with Crippen molar-refractivity contribution in [1.29, 1.82) is 0 Å². The Labute approximate surface area is 128 Å². The van der Waals surface area contributed by atoms with Crippen molar-refractivity contribution < 1.29 is 14.7 Å². The smallest absolute Gasteiger partial charge is 0.306 e. The van der Waals surface area contributed by atoms with Gasteiger partial charge < -0.3 is 10.0 Å². The molecule has 7 nitrogen and oxygen atoms in total. The minimum Gasteiger partial charge on any atom is -0.481 e. The van der Waals surface area contributed by atoms with E-state index in [-0.39, 0.29) is 11.5 Å². The predicted octanol–water partition coefficient (Wildman–Crippen LogP) is 0.831. The van der Waals surface area contributed by atoms with E-state index in [1.807, 2.05) is 13.8 Å². The van der Waals surface area contributed by atoms with Gasteiger partial charge in [-0.1, -0.05) is 13.8 Å². The first kappa shape index (κ1) is 16.2. The molecule has 0 saturated carbocycles. The number of carboxylic acids is 1. The number of hydrogen-bond acceptors (Lipinski definition) is 4. The van der Waals surface area contributed by atoms with E-state index in [2.05, 4.69) is 10.2 Å². The third-order valence-electron chi connectivity index (χ3n) is 4.20. The van der Waals surface area contributed by atoms with E-state index in [1.54, 1.807) is 4.90 Å². The maximum atomic E-state index is 12.7. The lowest BCUT2D eigenvalue weighted by molar-refractivity contribution is -0.143. The molecule has 0 atom stereocenters. The molecule has 0 aliphatic carbocycles. The van der Waals surface area contributed by atoms with Crippen molar-refractivity contribution in [3.8, 4) is 0 Å². The lowest BCUT2D eigenvalue weighted by Gasteiger charge is -2.30. The third-order valence-corrected chi connectivity index (χ3v) is 4.20. The zero-order valence-electron chi connectivity index (χ0n) is 12.9. The van der Waals surface area contributed by atoms with Crippen LogP contribution in [0.1, 0.15) is 48.3 Å². The lowest BCUT2D eigenvalue weighted by Crippen LogP contribution is -2.42. The Balaban J connectivity index is 2.27. The number of aromatic amines is 1. The number of likely N-dealkylation sites (tertiary alicyclic amines) is 1. The van der Waals surface area contributed by atoms with Gasteiger partial charge in [-0.15, -0.1) is 0 Å². The highest BCUT2D eigenvalue weighted by Crippen LogP contribution is 2.20. The van der Waals surface area contributed by atoms with Crippen LogP contribution in [-0.2, 0) is 17.6 Å². The first-order valence-electron chi connectivity index (χ1n) is 7.62. The Morgan fingerprint density at radius 2 is 1.91 bits per heavy atom. The number of carbonyl (C=O) groups excluding carboxylic acids is 1. The van der Waals surface area contributed by atoms with Crippen LogP contribution in [0.4, 0.5) is 0 Å². The zero-order chi connectivity index (χ0) is 16.3. The molecule has 22 heavy (non-hydrogen) atoms. The average molecular weight is 307 g/mol. The van der Waals surface area contributed by atoms with E-state index in [4.69, 9.17) is 5.11 Å². The molecule has 1 amide bonds. The molecule has 2 N–H and O–H groups in total. The summed E-state index contributed by atoms with van der Waals surface area (Å²) < 4.78 is 0. The number of nitrogens with zero attached hydrogens (tertiary/aromatic N) is 2. The molecule has 0 spiro atoms. The summed E-state index contributed by atoms with van der Waals surface area (Å²) in [6, 6.07) is 0. The Bertz CT molecular complexity index is 630. The number of aromatic nitrogens is 2. The summed E-state index contributed by atoms with van der Waals surface area (Å²) >= 11 is 0. The molecule has 0 bridgehead atoms. The second kappa shape index (κ2) is 6.72. The van der Waals surface area contributed by atoms with Gasteiger partial charge in [0, 0.05) is 13.1 Å². The van der Waals surface area contributed by atoms with Gasteiger partial charge in [0.25, 0.3) is 11.5 Å². The van der Waals surface area contributed by atoms with Crippen LogP contribution < -0.4 is 5.56 Å². The van der Waals surface area contributed by atoms with Crippen LogP contribution in [-0.4, -0.2) is 45.2 Å². The second-order valence-electron chi connectivity index (χ2n) is 5.46. The van der Waals surface area contributed by atoms with Gasteiger partial charge in [0.2, 0.25) is 0 Å². The van der Waals surface area contributed by atoms with Crippen LogP contribution in [0.2, 0.25) is 0 Å². The molecule has 1 aliphatic rings. The van der Waals surface area contributed by atoms with Crippen LogP contribution in [0.25, 0.3) is 0 Å². The number of piperidine rings is 1. The van der Waals surface area contributed by atoms with Gasteiger partial charge in [0.1, 0.15) is 5.56 Å². The number of aliphatic carboxylic acids is 1. The predicted molar refractivity (Wildman–Crippen MR) is 79.9 cm³/mol. The van der Waals surface area contributed by atoms with Crippen molar-refractivity contribution in [3.05, 3.63) is 27.2 Å². The van der Waals surface area contributed by atoms with E-state index in [0.29, 0.717) is 44.3 Å². The zero-order valence-corrected chi connectivity index (χ0v) is 12.9. The Morgan fingerprint density at radius 1 is 1.27 bits per heavy atom. The van der Waals surface area contributed by atoms with E-state index < -0.39 is 17.4 Å². The number of carboxylic acid groups (broad SMARTS) is 1. The summed E-state index contributed by atoms with van der Waals surface area (Å²) in [4.78, 5) is 37.3. The highest BCUT2D eigenvalue weighted by atomic mass is 16.4. The van der Waals surface area contributed by atoms with Gasteiger partial charge in [-0.2, -0.15) is 5.10 Å². The van der Waals surface area contributed by atoms with Crippen molar-refractivity contribution in [3.63, 3.8) is 0 Å². The quantitative estimate of drug-likeness (QED) is 0.857. The topological polar surface area (TPSA) is 103 Å². The van der Waals surface area contributed by atoms with Crippen LogP contribution in [0, 0.1) is 5.92 Å². The first-order valence-corrected chi connectivity index (χ1v) is 7.62. The molecule has 7 heteroatoms. The molecule has 1 fully saturated rings. The summed E-state index contributed by atoms with van der Waals surface area (Å²) in [6.07, 6.45) is 2.05. The summed E-state index contributed by atoms with van der Waals surface area (Å²) in [6.45, 7) is 4.54. The van der Waals surface area contributed by atoms with E-state index in [0.717, 1.165) is 5.69 Å². The van der Waals surface area contributed by atoms with Gasteiger partial charge in [-0.3, -0.25) is 14.4 Å². The average Bonchev–Trinajstić information content (AvgIpc) is 2.53. The molecule has 120 valence electrons. The van der Waals surface area contributed by atoms with Gasteiger partial charge in [0.15, 0.2) is 0 Å². The molecule has 1 aromatic rings. The Hall–Kier alpha value is -2.18. The minimum absolute atomic E-state index is 0.156. The molecule has 1 aromatic heterocycles. The summed E-state index contributed by atoms with van der Waals surface area (Å²) in [5.74, 6) is -1.55. The number of H-pyrrole nitrogens is 1. The van der Waals surface area contributed by atoms with Crippen molar-refractivity contribution in [2.45, 2.75) is 39.5 Å². The van der Waals surface area contributed by atoms with E-state index in [9.17, 15) is 14.4 Å². The summed E-state index contributed by atoms with van der Waals surface area (Å²) in [7, 11) is 0. The van der Waals surface area contributed by atoms with Gasteiger partial charge in [-0.25, -0.2) is 5.10 Å². The van der Waals surface area contributed by atoms with Crippen molar-refractivity contribution in [2.24, 2.45) is 5.92 Å². The van der Waals surface area contributed by atoms with E-state index in [1.165, 1.54) is 0 Å². The SMILES string of the molecule is CCc1n[nH]c(=O)c(C(=O)N2CCC(C(=O)O)CC2)c1CC. The lowest BCUT2D eigenvalue weighted by atomic mass is 9.95. The number of aryl methyl sites for hydroxylation is 1. The minimum atomic E-state index is -0.823. The van der Waals surface area contributed by atoms with Crippen molar-refractivity contribution in [1.82, 2.24) is 15.1 Å². The second-order valence-corrected chi connectivity index (χ2v) is 5.46. The largest absolute Gasteiger partial charge is 0.481 e. The Kier molecular flexibility index (Phi) is 4.95. The number of rotatable bonds is 4. The van der Waals surface area contributed by atoms with Crippen LogP contribution in [0.15, 0.2) is 4.79 Å². The highest BCUT2D eigenvalue weighted by molar-refractivity contribution is 5.95. The fourth-order valence-corrected chi connectivity index (χ4v) is 2.91. The number of amides is 1. The molecule has 0 radical (unpaired) electrons. The molecule has 2 rings (SSSR count). The van der Waals surface area contributed by atoms with Crippen molar-refractivity contribution >= 4 is 11.9 Å². The summed E-state index contributed by atoms with van der Waals surface area (Å²) in [5, 5.41) is 15.4. The molecular weight excluding hydrogens is 286 g/mol. The number of carbonyl (C=O) groups is 2. The molecule has 0 aromatic carbocycles. The number of hydrogen-bond donors (Lipinski definition) is 2. The first-order chi connectivity index (χ1) is 10.5. The fraction of sp³-hybridized carbons (Fsp3) is 0.600. The monoisotopic (exact) mass is 307 g/mol. The number of nitrogens with one attached hydrogen (secondary N) is 1. The van der Waals surface area contributed by atoms with E-state index >= 15 is 0 Å². The Morgan fingerprint density at radius 3 is 2.41 bits per heavy atom. The third kappa shape index (κ3) is 3.03. The standard InChI is InChI=1S/C15H21N3O4/c1-3-10-11(4-2)16-17-13(19)12(10)14(20)18-7-5-9(6-8-18)15(21)22/h9H,3-8H2,1-2H3,(H,17,19)(H,21,22). The van der Waals surface area contributed by atoms with Gasteiger partial charge >= 0.3 is 5.97 Å². The van der Waals surface area contributed by atoms with Crippen LogP contribution >= 0.6 is 0 Å². The molecular formula is C15H21N3O4. The molecule has 1 saturated heterocycles. The maximum absolute atomic E-state index is 12.7. The maximum Gasteiger partial charge on any atom is 0.306 e. The van der Waals surface area contributed by atoms with Crippen LogP contribution in [0.5, 0.6) is 0 Å². The fourth-order valence-electron chi connectivity index (χ4n) is 2.91. The van der Waals surface area contributed by atoms with Gasteiger partial charge in [0.05, 0.1) is 11.6 Å². The highest BCUT2D eigenvalue weighted by Gasteiger charge is 2.30. The van der Waals surface area contributed by atoms with Crippen molar-refractivity contribution in [2.75, 3.05) is 13.1 Å². The van der Waals surface area contributed by atoms with Gasteiger partial charge in [-0.05, 0) is 31.2 Å². The van der Waals surface area contributed by atoms with Crippen LogP contribution in [0.3, 0.4) is 0 Å². The molecule has 1 aliphatic heterocycles. The normalized spacial score (nSPS) is 15.8.